The highest BCUT2D eigenvalue weighted by molar-refractivity contribution is 9.10. The summed E-state index contributed by atoms with van der Waals surface area (Å²) in [5, 5.41) is 0.500. The molecular formula is C11H8BrClO4. The van der Waals surface area contributed by atoms with Crippen LogP contribution in [0.1, 0.15) is 5.56 Å². The zero-order valence-corrected chi connectivity index (χ0v) is 11.1. The molecule has 1 aromatic carbocycles. The van der Waals surface area contributed by atoms with Crippen molar-refractivity contribution in [2.75, 3.05) is 7.11 Å². The maximum Gasteiger partial charge on any atom is 0.389 e. The topological polar surface area (TPSA) is 44.8 Å². The van der Waals surface area contributed by atoms with E-state index >= 15 is 0 Å². The lowest BCUT2D eigenvalue weighted by molar-refractivity contribution is -0.165. The van der Waals surface area contributed by atoms with Crippen LogP contribution in [-0.4, -0.2) is 19.4 Å². The molecule has 1 unspecified atom stereocenters. The summed E-state index contributed by atoms with van der Waals surface area (Å²) in [4.78, 5) is 11.2. The van der Waals surface area contributed by atoms with E-state index in [4.69, 9.17) is 21.1 Å². The number of carbonyl (C=O) groups excluding carboxylic acids is 1. The van der Waals surface area contributed by atoms with Gasteiger partial charge in [-0.25, -0.2) is 4.79 Å². The smallest absolute Gasteiger partial charge is 0.389 e. The van der Waals surface area contributed by atoms with Crippen molar-refractivity contribution in [2.24, 2.45) is 0 Å². The molecule has 2 rings (SSSR count). The van der Waals surface area contributed by atoms with Crippen LogP contribution in [0.15, 0.2) is 28.9 Å². The van der Waals surface area contributed by atoms with Crippen molar-refractivity contribution in [3.05, 3.63) is 39.5 Å². The van der Waals surface area contributed by atoms with E-state index in [0.29, 0.717) is 16.3 Å². The normalized spacial score (nSPS) is 18.1. The summed E-state index contributed by atoms with van der Waals surface area (Å²) in [6.45, 7) is 0. The third-order valence-electron chi connectivity index (χ3n) is 2.12. The highest BCUT2D eigenvalue weighted by Crippen LogP contribution is 2.31. The number of methoxy groups -OCH3 is 1. The minimum absolute atomic E-state index is 0.401. The van der Waals surface area contributed by atoms with Crippen molar-refractivity contribution < 1.29 is 19.0 Å². The van der Waals surface area contributed by atoms with E-state index in [0.717, 1.165) is 4.47 Å². The second kappa shape index (κ2) is 4.98. The fraction of sp³-hybridized carbons (Fsp3) is 0.182. The Kier molecular flexibility index (Phi) is 3.59. The lowest BCUT2D eigenvalue weighted by Gasteiger charge is -2.09. The van der Waals surface area contributed by atoms with Crippen LogP contribution in [0, 0.1) is 0 Å². The highest BCUT2D eigenvalue weighted by Gasteiger charge is 2.29. The molecule has 90 valence electrons. The predicted octanol–water partition coefficient (Wildman–Crippen LogP) is 2.95. The second-order valence-corrected chi connectivity index (χ2v) is 4.54. The molecule has 0 spiro atoms. The van der Waals surface area contributed by atoms with E-state index < -0.39 is 12.3 Å². The van der Waals surface area contributed by atoms with E-state index in [1.54, 1.807) is 12.1 Å². The molecule has 0 saturated carbocycles. The van der Waals surface area contributed by atoms with Gasteiger partial charge < -0.3 is 14.2 Å². The fourth-order valence-electron chi connectivity index (χ4n) is 1.31. The summed E-state index contributed by atoms with van der Waals surface area (Å²) in [5.41, 5.74) is 0.654. The molecule has 0 aliphatic carbocycles. The molecule has 6 heteroatoms. The third kappa shape index (κ3) is 2.56. The lowest BCUT2D eigenvalue weighted by Crippen LogP contribution is -2.22. The van der Waals surface area contributed by atoms with Gasteiger partial charge in [0.25, 0.3) is 0 Å². The van der Waals surface area contributed by atoms with E-state index in [9.17, 15) is 4.79 Å². The molecule has 1 atom stereocenters. The number of halogens is 2. The maximum atomic E-state index is 11.2. The molecule has 0 aromatic heterocycles. The molecule has 0 fully saturated rings. The largest absolute Gasteiger partial charge is 0.463 e. The van der Waals surface area contributed by atoms with Crippen LogP contribution in [0.25, 0.3) is 5.76 Å². The number of hydrogen-bond donors (Lipinski definition) is 0. The summed E-state index contributed by atoms with van der Waals surface area (Å²) >= 11 is 9.35. The highest BCUT2D eigenvalue weighted by atomic mass is 79.9. The summed E-state index contributed by atoms with van der Waals surface area (Å²) in [5.74, 6) is -0.192. The Morgan fingerprint density at radius 1 is 1.53 bits per heavy atom. The maximum absolute atomic E-state index is 11.2. The monoisotopic (exact) mass is 318 g/mol. The van der Waals surface area contributed by atoms with Crippen LogP contribution in [0.4, 0.5) is 0 Å². The number of esters is 1. The Hall–Kier alpha value is -1.20. The number of ether oxygens (including phenoxy) is 3. The minimum atomic E-state index is -1.06. The van der Waals surface area contributed by atoms with E-state index in [-0.39, 0.29) is 0 Å². The molecule has 4 nitrogen and oxygen atoms in total. The minimum Gasteiger partial charge on any atom is -0.463 e. The van der Waals surface area contributed by atoms with E-state index in [2.05, 4.69) is 20.7 Å². The Morgan fingerprint density at radius 3 is 2.94 bits per heavy atom. The Balaban J connectivity index is 2.18. The van der Waals surface area contributed by atoms with Gasteiger partial charge in [-0.1, -0.05) is 27.5 Å². The average molecular weight is 320 g/mol. The van der Waals surface area contributed by atoms with Gasteiger partial charge in [0.15, 0.2) is 5.76 Å². The van der Waals surface area contributed by atoms with Crippen molar-refractivity contribution in [1.29, 1.82) is 0 Å². The van der Waals surface area contributed by atoms with Crippen molar-refractivity contribution in [3.8, 4) is 0 Å². The zero-order chi connectivity index (χ0) is 12.4. The Morgan fingerprint density at radius 2 is 2.29 bits per heavy atom. The average Bonchev–Trinajstić information content (AvgIpc) is 2.77. The van der Waals surface area contributed by atoms with Gasteiger partial charge in [0, 0.05) is 10.0 Å². The van der Waals surface area contributed by atoms with Gasteiger partial charge in [-0.3, -0.25) is 0 Å². The quantitative estimate of drug-likeness (QED) is 0.786. The molecule has 0 saturated heterocycles. The number of benzene rings is 1. The lowest BCUT2D eigenvalue weighted by atomic mass is 10.2. The fourth-order valence-corrected chi connectivity index (χ4v) is 2.08. The van der Waals surface area contributed by atoms with Crippen molar-refractivity contribution in [1.82, 2.24) is 0 Å². The van der Waals surface area contributed by atoms with Gasteiger partial charge in [-0.2, -0.15) is 0 Å². The zero-order valence-electron chi connectivity index (χ0n) is 8.78. The van der Waals surface area contributed by atoms with Crippen molar-refractivity contribution in [2.45, 2.75) is 6.29 Å². The molecule has 1 aromatic rings. The van der Waals surface area contributed by atoms with Gasteiger partial charge in [-0.05, 0) is 18.2 Å². The van der Waals surface area contributed by atoms with Gasteiger partial charge >= 0.3 is 12.3 Å². The molecule has 1 aliphatic heterocycles. The standard InChI is InChI=1S/C11H8BrClO4/c1-15-10(14)11-16-5-9(17-11)7-3-2-6(12)4-8(7)13/h2-5,11H,1H3. The van der Waals surface area contributed by atoms with Gasteiger partial charge in [0.1, 0.15) is 6.26 Å². The summed E-state index contributed by atoms with van der Waals surface area (Å²) in [6.07, 6.45) is 0.284. The molecule has 0 amide bonds. The molecule has 1 heterocycles. The first-order valence-corrected chi connectivity index (χ1v) is 5.84. The third-order valence-corrected chi connectivity index (χ3v) is 2.93. The van der Waals surface area contributed by atoms with Crippen LogP contribution < -0.4 is 0 Å². The Bertz CT molecular complexity index is 486. The molecule has 0 radical (unpaired) electrons. The Labute approximate surface area is 111 Å². The van der Waals surface area contributed by atoms with E-state index in [1.165, 1.54) is 13.4 Å². The van der Waals surface area contributed by atoms with Crippen LogP contribution >= 0.6 is 27.5 Å². The van der Waals surface area contributed by atoms with Crippen molar-refractivity contribution in [3.63, 3.8) is 0 Å². The number of rotatable bonds is 2. The number of hydrogen-bond acceptors (Lipinski definition) is 4. The van der Waals surface area contributed by atoms with Gasteiger partial charge in [-0.15, -0.1) is 0 Å². The summed E-state index contributed by atoms with van der Waals surface area (Å²) in [7, 11) is 1.26. The summed E-state index contributed by atoms with van der Waals surface area (Å²) in [6, 6.07) is 5.31. The molecule has 0 N–H and O–H groups in total. The molecule has 0 bridgehead atoms. The second-order valence-electron chi connectivity index (χ2n) is 3.22. The van der Waals surface area contributed by atoms with Crippen LogP contribution in [-0.2, 0) is 19.0 Å². The van der Waals surface area contributed by atoms with Crippen LogP contribution in [0.2, 0.25) is 5.02 Å². The first kappa shape index (κ1) is 12.3. The molecule has 1 aliphatic rings. The summed E-state index contributed by atoms with van der Waals surface area (Å²) < 4.78 is 15.7. The van der Waals surface area contributed by atoms with Crippen LogP contribution in [0.5, 0.6) is 0 Å². The molecule has 17 heavy (non-hydrogen) atoms. The first-order chi connectivity index (χ1) is 8.11. The SMILES string of the molecule is COC(=O)C1OC=C(c2ccc(Br)cc2Cl)O1. The van der Waals surface area contributed by atoms with Crippen molar-refractivity contribution >= 4 is 39.3 Å². The van der Waals surface area contributed by atoms with Gasteiger partial charge in [0.05, 0.1) is 12.1 Å². The van der Waals surface area contributed by atoms with Gasteiger partial charge in [0.2, 0.25) is 0 Å². The van der Waals surface area contributed by atoms with E-state index in [1.807, 2.05) is 6.07 Å². The first-order valence-electron chi connectivity index (χ1n) is 4.67. The predicted molar refractivity (Wildman–Crippen MR) is 65.1 cm³/mol. The van der Waals surface area contributed by atoms with Crippen LogP contribution in [0.3, 0.4) is 0 Å². The number of carbonyl (C=O) groups is 1. The molecular weight excluding hydrogens is 311 g/mol.